The highest BCUT2D eigenvalue weighted by Crippen LogP contribution is 2.39. The molecule has 0 saturated carbocycles. The number of ether oxygens (including phenoxy) is 3. The Labute approximate surface area is 211 Å². The molecule has 1 aliphatic heterocycles. The summed E-state index contributed by atoms with van der Waals surface area (Å²) < 4.78 is 17.1. The normalized spacial score (nSPS) is 19.9. The Hall–Kier alpha value is -2.05. The summed E-state index contributed by atoms with van der Waals surface area (Å²) in [7, 11) is 1.75. The number of aromatic nitrogens is 1. The first-order valence-corrected chi connectivity index (χ1v) is 13.1. The molecule has 2 heterocycles. The zero-order valence-electron chi connectivity index (χ0n) is 23.2. The van der Waals surface area contributed by atoms with E-state index in [1.807, 2.05) is 39.5 Å². The van der Waals surface area contributed by atoms with Gasteiger partial charge in [-0.3, -0.25) is 4.90 Å². The first-order valence-electron chi connectivity index (χ1n) is 13.1. The lowest BCUT2D eigenvalue weighted by Gasteiger charge is -2.37. The number of carbonyl (C=O) groups excluding carboxylic acids is 1. The summed E-state index contributed by atoms with van der Waals surface area (Å²) in [5, 5.41) is 1.30. The van der Waals surface area contributed by atoms with Gasteiger partial charge in [0, 0.05) is 30.8 Å². The van der Waals surface area contributed by atoms with Gasteiger partial charge in [-0.2, -0.15) is 0 Å². The molecule has 0 bridgehead atoms. The fraction of sp³-hybridized carbons (Fsp3) is 0.690. The van der Waals surface area contributed by atoms with Gasteiger partial charge in [0.25, 0.3) is 0 Å². The molecule has 1 amide bonds. The van der Waals surface area contributed by atoms with Crippen LogP contribution in [-0.2, 0) is 20.6 Å². The summed E-state index contributed by atoms with van der Waals surface area (Å²) in [6.07, 6.45) is 4.71. The molecular formula is C29H46N2O4. The molecule has 6 nitrogen and oxygen atoms in total. The molecule has 3 unspecified atom stereocenters. The zero-order valence-corrected chi connectivity index (χ0v) is 23.2. The van der Waals surface area contributed by atoms with Crippen LogP contribution < -0.4 is 0 Å². The number of H-pyrrole nitrogens is 1. The van der Waals surface area contributed by atoms with Gasteiger partial charge in [0.05, 0.1) is 12.6 Å². The molecule has 1 N–H and O–H groups in total. The highest BCUT2D eigenvalue weighted by atomic mass is 16.6. The van der Waals surface area contributed by atoms with Gasteiger partial charge in [-0.25, -0.2) is 4.79 Å². The number of aromatic amines is 1. The van der Waals surface area contributed by atoms with Crippen LogP contribution >= 0.6 is 0 Å². The molecule has 2 aromatic rings. The van der Waals surface area contributed by atoms with Gasteiger partial charge in [0.2, 0.25) is 0 Å². The van der Waals surface area contributed by atoms with Crippen molar-refractivity contribution in [1.82, 2.24) is 9.88 Å². The maximum atomic E-state index is 13.2. The van der Waals surface area contributed by atoms with Crippen LogP contribution in [0, 0.1) is 11.8 Å². The fourth-order valence-corrected chi connectivity index (χ4v) is 5.45. The van der Waals surface area contributed by atoms with Crippen molar-refractivity contribution in [3.05, 3.63) is 35.5 Å². The maximum Gasteiger partial charge on any atom is 0.412 e. The Bertz CT molecular complexity index is 988. The van der Waals surface area contributed by atoms with Crippen molar-refractivity contribution < 1.29 is 19.0 Å². The van der Waals surface area contributed by atoms with E-state index in [9.17, 15) is 4.79 Å². The third-order valence-corrected chi connectivity index (χ3v) is 7.32. The van der Waals surface area contributed by atoms with E-state index in [2.05, 4.69) is 50.2 Å². The smallest absolute Gasteiger partial charge is 0.412 e. The predicted octanol–water partition coefficient (Wildman–Crippen LogP) is 6.88. The molecule has 1 aromatic carbocycles. The summed E-state index contributed by atoms with van der Waals surface area (Å²) >= 11 is 0. The number of nitrogens with one attached hydrogen (secondary N) is 1. The summed E-state index contributed by atoms with van der Waals surface area (Å²) in [5.41, 5.74) is 2.63. The van der Waals surface area contributed by atoms with Gasteiger partial charge in [-0.15, -0.1) is 0 Å². The van der Waals surface area contributed by atoms with Crippen LogP contribution in [-0.4, -0.2) is 53.7 Å². The minimum Gasteiger partial charge on any atom is -0.444 e. The molecule has 3 rings (SSSR count). The molecule has 35 heavy (non-hydrogen) atoms. The summed E-state index contributed by atoms with van der Waals surface area (Å²) in [6, 6.07) is 6.79. The van der Waals surface area contributed by atoms with Crippen molar-refractivity contribution in [2.24, 2.45) is 11.8 Å². The van der Waals surface area contributed by atoms with E-state index in [0.717, 1.165) is 25.9 Å². The fourth-order valence-electron chi connectivity index (χ4n) is 5.45. The summed E-state index contributed by atoms with van der Waals surface area (Å²) in [6.45, 7) is 17.8. The summed E-state index contributed by atoms with van der Waals surface area (Å²) in [4.78, 5) is 18.4. The van der Waals surface area contributed by atoms with Crippen molar-refractivity contribution in [2.75, 3.05) is 20.3 Å². The maximum absolute atomic E-state index is 13.2. The Morgan fingerprint density at radius 1 is 1.26 bits per heavy atom. The number of hydrogen-bond donors (Lipinski definition) is 1. The number of benzene rings is 1. The van der Waals surface area contributed by atoms with E-state index in [-0.39, 0.29) is 12.1 Å². The number of methoxy groups -OCH3 is 1. The van der Waals surface area contributed by atoms with Gasteiger partial charge < -0.3 is 19.2 Å². The number of carbonyl (C=O) groups is 1. The van der Waals surface area contributed by atoms with Crippen LogP contribution in [0.5, 0.6) is 0 Å². The third-order valence-electron chi connectivity index (χ3n) is 7.32. The first kappa shape index (κ1) is 27.5. The minimum atomic E-state index is -0.682. The van der Waals surface area contributed by atoms with Crippen LogP contribution in [0.1, 0.15) is 85.3 Å². The molecule has 6 heteroatoms. The van der Waals surface area contributed by atoms with Crippen molar-refractivity contribution in [3.63, 3.8) is 0 Å². The highest BCUT2D eigenvalue weighted by molar-refractivity contribution is 5.84. The Morgan fingerprint density at radius 2 is 1.97 bits per heavy atom. The molecule has 196 valence electrons. The molecule has 1 saturated heterocycles. The summed E-state index contributed by atoms with van der Waals surface area (Å²) in [5.74, 6) is 1.18. The van der Waals surface area contributed by atoms with E-state index >= 15 is 0 Å². The van der Waals surface area contributed by atoms with E-state index < -0.39 is 11.3 Å². The largest absolute Gasteiger partial charge is 0.444 e. The average Bonchev–Trinajstić information content (AvgIpc) is 3.29. The first-order chi connectivity index (χ1) is 16.3. The SMILES string of the molecule is COCCCc1c[nH]c2ccc(C(C)C(CC3COC(C)(C)N3C(=O)OC(C)(C)C)C(C)C)cc12. The third kappa shape index (κ3) is 6.59. The highest BCUT2D eigenvalue weighted by Gasteiger charge is 2.46. The predicted molar refractivity (Wildman–Crippen MR) is 142 cm³/mol. The number of nitrogens with zero attached hydrogens (tertiary/aromatic N) is 1. The van der Waals surface area contributed by atoms with Crippen LogP contribution in [0.2, 0.25) is 0 Å². The Balaban J connectivity index is 1.83. The molecule has 1 aromatic heterocycles. The standard InChI is InChI=1S/C29H46N2O4/c1-19(2)24(16-23-18-34-29(7,8)31(23)27(32)35-28(4,5)6)20(3)21-12-13-26-25(15-21)22(17-30-26)11-10-14-33-9/h12-13,15,17,19-20,23-24,30H,10-11,14,16,18H2,1-9H3. The Kier molecular flexibility index (Phi) is 8.59. The quantitative estimate of drug-likeness (QED) is 0.392. The Morgan fingerprint density at radius 3 is 2.60 bits per heavy atom. The van der Waals surface area contributed by atoms with Crippen molar-refractivity contribution in [1.29, 1.82) is 0 Å². The van der Waals surface area contributed by atoms with Crippen molar-refractivity contribution >= 4 is 17.0 Å². The molecule has 0 aliphatic carbocycles. The lowest BCUT2D eigenvalue weighted by atomic mass is 9.76. The second kappa shape index (κ2) is 10.9. The van der Waals surface area contributed by atoms with Gasteiger partial charge in [-0.05, 0) is 94.9 Å². The molecule has 0 radical (unpaired) electrons. The molecule has 1 fully saturated rings. The number of hydrogen-bond acceptors (Lipinski definition) is 4. The van der Waals surface area contributed by atoms with E-state index in [1.54, 1.807) is 7.11 Å². The topological polar surface area (TPSA) is 63.8 Å². The second-order valence-electron chi connectivity index (χ2n) is 11.9. The van der Waals surface area contributed by atoms with E-state index in [0.29, 0.717) is 24.4 Å². The van der Waals surface area contributed by atoms with Crippen molar-refractivity contribution in [3.8, 4) is 0 Å². The number of rotatable bonds is 9. The molecule has 3 atom stereocenters. The van der Waals surface area contributed by atoms with Crippen LogP contribution in [0.25, 0.3) is 10.9 Å². The van der Waals surface area contributed by atoms with Crippen LogP contribution in [0.3, 0.4) is 0 Å². The number of fused-ring (bicyclic) bond motifs is 1. The van der Waals surface area contributed by atoms with Crippen molar-refractivity contribution in [2.45, 2.75) is 97.9 Å². The van der Waals surface area contributed by atoms with Gasteiger partial charge >= 0.3 is 6.09 Å². The lowest BCUT2D eigenvalue weighted by molar-refractivity contribution is -0.0634. The monoisotopic (exact) mass is 486 g/mol. The van der Waals surface area contributed by atoms with Crippen LogP contribution in [0.4, 0.5) is 4.79 Å². The lowest BCUT2D eigenvalue weighted by Crippen LogP contribution is -2.50. The molecule has 0 spiro atoms. The zero-order chi connectivity index (χ0) is 26.0. The number of aryl methyl sites for hydroxylation is 1. The molecular weight excluding hydrogens is 440 g/mol. The average molecular weight is 487 g/mol. The van der Waals surface area contributed by atoms with E-state index in [1.165, 1.54) is 22.0 Å². The molecule has 1 aliphatic rings. The minimum absolute atomic E-state index is 0.0182. The van der Waals surface area contributed by atoms with Gasteiger partial charge in [0.15, 0.2) is 0 Å². The van der Waals surface area contributed by atoms with Gasteiger partial charge in [0.1, 0.15) is 11.3 Å². The number of amides is 1. The van der Waals surface area contributed by atoms with E-state index in [4.69, 9.17) is 14.2 Å². The second-order valence-corrected chi connectivity index (χ2v) is 11.9. The van der Waals surface area contributed by atoms with Crippen LogP contribution in [0.15, 0.2) is 24.4 Å². The van der Waals surface area contributed by atoms with Gasteiger partial charge in [-0.1, -0.05) is 26.8 Å².